The lowest BCUT2D eigenvalue weighted by Crippen LogP contribution is -2.44. The third-order valence-electron chi connectivity index (χ3n) is 4.88. The molecule has 0 aliphatic carbocycles. The first-order valence-electron chi connectivity index (χ1n) is 9.97. The van der Waals surface area contributed by atoms with Crippen molar-refractivity contribution in [3.05, 3.63) is 71.5 Å². The van der Waals surface area contributed by atoms with E-state index in [2.05, 4.69) is 30.7 Å². The Bertz CT molecular complexity index is 1310. The number of carbonyl (C=O) groups excluding carboxylic acids is 1. The number of H-pyrrole nitrogens is 1. The van der Waals surface area contributed by atoms with Crippen LogP contribution in [0.4, 0.5) is 21.6 Å². The first-order valence-corrected chi connectivity index (χ1v) is 10.3. The number of hydrogen-bond donors (Lipinski definition) is 3. The Morgan fingerprint density at radius 2 is 2.00 bits per heavy atom. The molecule has 0 aliphatic heterocycles. The van der Waals surface area contributed by atoms with Crippen molar-refractivity contribution in [3.8, 4) is 0 Å². The quantitative estimate of drug-likeness (QED) is 0.160. The monoisotopic (exact) mass is 466 g/mol. The second-order valence-corrected chi connectivity index (χ2v) is 7.54. The SMILES string of the molecule is Cc1c(Cl)cccc1N=C(C(C)Nc1ncnc2nc[nH]c12)N(C=O)Nc1ccc(F)cc1. The number of aromatic nitrogens is 4. The molecule has 168 valence electrons. The maximum atomic E-state index is 13.3. The Morgan fingerprint density at radius 3 is 2.76 bits per heavy atom. The minimum Gasteiger partial charge on any atom is -0.358 e. The maximum Gasteiger partial charge on any atom is 0.234 e. The molecule has 0 spiro atoms. The van der Waals surface area contributed by atoms with Crippen LogP contribution in [0.3, 0.4) is 0 Å². The van der Waals surface area contributed by atoms with E-state index in [9.17, 15) is 9.18 Å². The number of aromatic amines is 1. The molecule has 0 saturated heterocycles. The van der Waals surface area contributed by atoms with Crippen LogP contribution in [0.1, 0.15) is 12.5 Å². The standard InChI is InChI=1S/C22H20ClFN8O/c1-13-17(23)4-3-5-18(13)30-22(32(12-33)31-16-8-6-15(24)7-9-16)14(2)29-21-19-20(26-10-25-19)27-11-28-21/h3-12,14,31H,1-2H3,(H2,25,26,27,28,29). The zero-order chi connectivity index (χ0) is 23.4. The molecule has 2 aromatic heterocycles. The van der Waals surface area contributed by atoms with E-state index in [1.807, 2.05) is 13.8 Å². The van der Waals surface area contributed by atoms with Crippen molar-refractivity contribution in [2.45, 2.75) is 19.9 Å². The fraction of sp³-hybridized carbons (Fsp3) is 0.136. The average Bonchev–Trinajstić information content (AvgIpc) is 3.30. The molecule has 33 heavy (non-hydrogen) atoms. The van der Waals surface area contributed by atoms with Crippen LogP contribution in [0.15, 0.2) is 60.1 Å². The number of imidazole rings is 1. The van der Waals surface area contributed by atoms with Gasteiger partial charge in [0.25, 0.3) is 0 Å². The van der Waals surface area contributed by atoms with Crippen molar-refractivity contribution in [1.29, 1.82) is 0 Å². The Hall–Kier alpha value is -4.05. The number of carbonyl (C=O) groups is 1. The van der Waals surface area contributed by atoms with Crippen molar-refractivity contribution < 1.29 is 9.18 Å². The molecular weight excluding hydrogens is 447 g/mol. The fourth-order valence-corrected chi connectivity index (χ4v) is 3.31. The van der Waals surface area contributed by atoms with Crippen molar-refractivity contribution in [2.24, 2.45) is 4.99 Å². The average molecular weight is 467 g/mol. The van der Waals surface area contributed by atoms with E-state index in [1.54, 1.807) is 18.2 Å². The lowest BCUT2D eigenvalue weighted by molar-refractivity contribution is -0.114. The summed E-state index contributed by atoms with van der Waals surface area (Å²) in [6.45, 7) is 3.67. The fourth-order valence-electron chi connectivity index (χ4n) is 3.15. The number of benzene rings is 2. The zero-order valence-electron chi connectivity index (χ0n) is 17.8. The van der Waals surface area contributed by atoms with E-state index in [-0.39, 0.29) is 5.82 Å². The minimum absolute atomic E-state index is 0.325. The molecule has 0 bridgehead atoms. The highest BCUT2D eigenvalue weighted by molar-refractivity contribution is 6.31. The van der Waals surface area contributed by atoms with Gasteiger partial charge in [-0.2, -0.15) is 0 Å². The van der Waals surface area contributed by atoms with E-state index >= 15 is 0 Å². The Morgan fingerprint density at radius 1 is 1.21 bits per heavy atom. The summed E-state index contributed by atoms with van der Waals surface area (Å²) in [5, 5.41) is 5.02. The van der Waals surface area contributed by atoms with Gasteiger partial charge >= 0.3 is 0 Å². The number of hydrazine groups is 1. The van der Waals surface area contributed by atoms with Gasteiger partial charge < -0.3 is 10.3 Å². The van der Waals surface area contributed by atoms with Crippen molar-refractivity contribution in [1.82, 2.24) is 24.9 Å². The molecule has 1 atom stereocenters. The summed E-state index contributed by atoms with van der Waals surface area (Å²) in [5.41, 5.74) is 5.92. The van der Waals surface area contributed by atoms with Crippen LogP contribution in [0.5, 0.6) is 0 Å². The van der Waals surface area contributed by atoms with Gasteiger partial charge in [0.05, 0.1) is 23.7 Å². The van der Waals surface area contributed by atoms with Gasteiger partial charge in [0, 0.05) is 5.02 Å². The van der Waals surface area contributed by atoms with Crippen LogP contribution in [0, 0.1) is 12.7 Å². The van der Waals surface area contributed by atoms with Crippen molar-refractivity contribution in [3.63, 3.8) is 0 Å². The predicted molar refractivity (Wildman–Crippen MR) is 126 cm³/mol. The topological polar surface area (TPSA) is 111 Å². The number of rotatable bonds is 7. The van der Waals surface area contributed by atoms with Gasteiger partial charge in [-0.15, -0.1) is 0 Å². The summed E-state index contributed by atoms with van der Waals surface area (Å²) in [6, 6.07) is 10.5. The van der Waals surface area contributed by atoms with E-state index in [0.717, 1.165) is 5.56 Å². The first kappa shape index (κ1) is 22.2. The second-order valence-electron chi connectivity index (χ2n) is 7.14. The number of aliphatic imine (C=N–C) groups is 1. The van der Waals surface area contributed by atoms with Gasteiger partial charge in [-0.3, -0.25) is 10.2 Å². The largest absolute Gasteiger partial charge is 0.358 e. The van der Waals surface area contributed by atoms with Crippen LogP contribution >= 0.6 is 11.6 Å². The van der Waals surface area contributed by atoms with Gasteiger partial charge in [-0.1, -0.05) is 17.7 Å². The van der Waals surface area contributed by atoms with Gasteiger partial charge in [-0.05, 0) is 55.8 Å². The molecule has 0 aliphatic rings. The third-order valence-corrected chi connectivity index (χ3v) is 5.29. The highest BCUT2D eigenvalue weighted by Gasteiger charge is 2.21. The number of amides is 1. The number of halogens is 2. The summed E-state index contributed by atoms with van der Waals surface area (Å²) in [4.78, 5) is 32.3. The maximum absolute atomic E-state index is 13.3. The number of hydrogen-bond acceptors (Lipinski definition) is 7. The van der Waals surface area contributed by atoms with Crippen molar-refractivity contribution in [2.75, 3.05) is 10.7 Å². The molecule has 0 saturated carbocycles. The molecule has 9 nitrogen and oxygen atoms in total. The number of anilines is 2. The lowest BCUT2D eigenvalue weighted by Gasteiger charge is -2.26. The normalized spacial score (nSPS) is 12.4. The van der Waals surface area contributed by atoms with Gasteiger partial charge in [0.2, 0.25) is 6.41 Å². The van der Waals surface area contributed by atoms with Gasteiger partial charge in [-0.25, -0.2) is 29.3 Å². The zero-order valence-corrected chi connectivity index (χ0v) is 18.5. The predicted octanol–water partition coefficient (Wildman–Crippen LogP) is 4.47. The smallest absolute Gasteiger partial charge is 0.234 e. The molecule has 2 heterocycles. The van der Waals surface area contributed by atoms with Gasteiger partial charge in [0.15, 0.2) is 17.3 Å². The number of amidine groups is 1. The summed E-state index contributed by atoms with van der Waals surface area (Å²) in [5.74, 6) is 0.433. The summed E-state index contributed by atoms with van der Waals surface area (Å²) in [6.07, 6.45) is 3.50. The number of nitrogens with one attached hydrogen (secondary N) is 3. The van der Waals surface area contributed by atoms with E-state index in [1.165, 1.54) is 41.9 Å². The Kier molecular flexibility index (Phi) is 6.45. The molecule has 0 radical (unpaired) electrons. The van der Waals surface area contributed by atoms with Crippen LogP contribution in [0.2, 0.25) is 5.02 Å². The summed E-state index contributed by atoms with van der Waals surface area (Å²) in [7, 11) is 0. The molecule has 2 aromatic carbocycles. The molecule has 11 heteroatoms. The molecule has 3 N–H and O–H groups in total. The van der Waals surface area contributed by atoms with Crippen LogP contribution in [0.25, 0.3) is 11.2 Å². The van der Waals surface area contributed by atoms with Crippen LogP contribution in [-0.2, 0) is 4.79 Å². The minimum atomic E-state index is -0.511. The van der Waals surface area contributed by atoms with Crippen LogP contribution in [-0.4, -0.2) is 43.2 Å². The molecule has 1 amide bonds. The first-order chi connectivity index (χ1) is 16.0. The Labute approximate surface area is 193 Å². The van der Waals surface area contributed by atoms with Crippen LogP contribution < -0.4 is 10.7 Å². The highest BCUT2D eigenvalue weighted by Crippen LogP contribution is 2.27. The highest BCUT2D eigenvalue weighted by atomic mass is 35.5. The number of nitrogens with zero attached hydrogens (tertiary/aromatic N) is 5. The van der Waals surface area contributed by atoms with Crippen molar-refractivity contribution >= 4 is 52.2 Å². The second kappa shape index (κ2) is 9.61. The third kappa shape index (κ3) is 4.90. The molecule has 0 fully saturated rings. The molecule has 4 rings (SSSR count). The number of fused-ring (bicyclic) bond motifs is 1. The van der Waals surface area contributed by atoms with E-state index in [4.69, 9.17) is 16.6 Å². The molecule has 1 unspecified atom stereocenters. The summed E-state index contributed by atoms with van der Waals surface area (Å²) < 4.78 is 13.3. The molecule has 4 aromatic rings. The summed E-state index contributed by atoms with van der Waals surface area (Å²) >= 11 is 6.27. The molecular formula is C22H20ClFN8O. The lowest BCUT2D eigenvalue weighted by atomic mass is 10.2. The Balaban J connectivity index is 1.73. The van der Waals surface area contributed by atoms with E-state index < -0.39 is 6.04 Å². The van der Waals surface area contributed by atoms with Gasteiger partial charge in [0.1, 0.15) is 17.7 Å². The van der Waals surface area contributed by atoms with E-state index in [0.29, 0.717) is 45.6 Å².